The molecule has 2 heterocycles. The van der Waals surface area contributed by atoms with E-state index in [1.54, 1.807) is 0 Å². The van der Waals surface area contributed by atoms with Crippen LogP contribution in [0.2, 0.25) is 0 Å². The van der Waals surface area contributed by atoms with E-state index in [2.05, 4.69) is 16.0 Å². The van der Waals surface area contributed by atoms with Crippen LogP contribution in [0.15, 0.2) is 29.4 Å². The quantitative estimate of drug-likeness (QED) is 0.622. The fourth-order valence-electron chi connectivity index (χ4n) is 2.47. The Hall–Kier alpha value is -1.90. The molecule has 0 spiro atoms. The first kappa shape index (κ1) is 9.33. The van der Waals surface area contributed by atoms with Gasteiger partial charge in [-0.2, -0.15) is 0 Å². The number of rotatable bonds is 1. The van der Waals surface area contributed by atoms with Crippen molar-refractivity contribution in [2.45, 2.75) is 6.42 Å². The van der Waals surface area contributed by atoms with Crippen LogP contribution in [-0.4, -0.2) is 19.9 Å². The van der Waals surface area contributed by atoms with Crippen molar-refractivity contribution in [3.05, 3.63) is 40.5 Å². The fourth-order valence-corrected chi connectivity index (χ4v) is 2.47. The van der Waals surface area contributed by atoms with Crippen LogP contribution in [0.4, 0.5) is 5.69 Å². The zero-order valence-electron chi connectivity index (χ0n) is 9.10. The number of benzene rings is 1. The van der Waals surface area contributed by atoms with Crippen molar-refractivity contribution < 1.29 is 4.79 Å². The second-order valence-electron chi connectivity index (χ2n) is 4.18. The molecular formula is C13H12N2O. The molecule has 0 aromatic heterocycles. The number of nitrogens with zero attached hydrogens (tertiary/aromatic N) is 2. The molecule has 0 bridgehead atoms. The van der Waals surface area contributed by atoms with Gasteiger partial charge in [0, 0.05) is 36.1 Å². The highest BCUT2D eigenvalue weighted by Gasteiger charge is 2.20. The summed E-state index contributed by atoms with van der Waals surface area (Å²) >= 11 is 0. The van der Waals surface area contributed by atoms with Crippen LogP contribution in [0.25, 0.3) is 5.57 Å². The van der Waals surface area contributed by atoms with Gasteiger partial charge in [0.05, 0.1) is 11.0 Å². The number of fused-ring (bicyclic) bond motifs is 3. The van der Waals surface area contributed by atoms with E-state index in [0.29, 0.717) is 6.54 Å². The summed E-state index contributed by atoms with van der Waals surface area (Å²) in [6.07, 6.45) is 5.76. The molecule has 2 aliphatic heterocycles. The molecular weight excluding hydrogens is 200 g/mol. The molecule has 2 aliphatic rings. The van der Waals surface area contributed by atoms with Gasteiger partial charge in [0.25, 0.3) is 0 Å². The summed E-state index contributed by atoms with van der Waals surface area (Å²) in [6.45, 7) is 0.707. The first-order valence-electron chi connectivity index (χ1n) is 5.35. The molecule has 16 heavy (non-hydrogen) atoms. The highest BCUT2D eigenvalue weighted by molar-refractivity contribution is 6.03. The maximum atomic E-state index is 11.0. The van der Waals surface area contributed by atoms with Crippen molar-refractivity contribution in [1.29, 1.82) is 0 Å². The average Bonchev–Trinajstić information content (AvgIpc) is 2.66. The summed E-state index contributed by atoms with van der Waals surface area (Å²) in [4.78, 5) is 17.5. The van der Waals surface area contributed by atoms with Gasteiger partial charge in [-0.3, -0.25) is 9.79 Å². The molecule has 0 radical (unpaired) electrons. The molecule has 0 unspecified atom stereocenters. The van der Waals surface area contributed by atoms with E-state index in [4.69, 9.17) is 0 Å². The third-order valence-corrected chi connectivity index (χ3v) is 3.18. The summed E-state index contributed by atoms with van der Waals surface area (Å²) in [5.41, 5.74) is 3.28. The van der Waals surface area contributed by atoms with Crippen LogP contribution in [-0.2, 0) is 11.2 Å². The van der Waals surface area contributed by atoms with E-state index >= 15 is 0 Å². The number of anilines is 1. The van der Waals surface area contributed by atoms with Gasteiger partial charge in [-0.15, -0.1) is 0 Å². The van der Waals surface area contributed by atoms with Crippen molar-refractivity contribution >= 4 is 17.5 Å². The third kappa shape index (κ3) is 1.14. The molecule has 0 fully saturated rings. The summed E-state index contributed by atoms with van der Waals surface area (Å²) in [6, 6.07) is 4.00. The molecule has 0 aliphatic carbocycles. The lowest BCUT2D eigenvalue weighted by Gasteiger charge is -2.17. The lowest BCUT2D eigenvalue weighted by molar-refractivity contribution is -0.103. The van der Waals surface area contributed by atoms with Gasteiger partial charge < -0.3 is 4.90 Å². The molecule has 1 aromatic rings. The van der Waals surface area contributed by atoms with Gasteiger partial charge in [0.2, 0.25) is 0 Å². The van der Waals surface area contributed by atoms with Gasteiger partial charge in [0.15, 0.2) is 0 Å². The molecule has 3 rings (SSSR count). The minimum absolute atomic E-state index is 0.707. The summed E-state index contributed by atoms with van der Waals surface area (Å²) in [5, 5.41) is 2.10. The number of hydrogen-bond acceptors (Lipinski definition) is 3. The Morgan fingerprint density at radius 2 is 2.31 bits per heavy atom. The highest BCUT2D eigenvalue weighted by Crippen LogP contribution is 2.20. The molecule has 0 amide bonds. The van der Waals surface area contributed by atoms with E-state index in [-0.39, 0.29) is 0 Å². The number of aldehydes is 1. The summed E-state index contributed by atoms with van der Waals surface area (Å²) < 4.78 is 0. The van der Waals surface area contributed by atoms with Crippen LogP contribution >= 0.6 is 0 Å². The van der Waals surface area contributed by atoms with Gasteiger partial charge in [-0.05, 0) is 12.5 Å². The Balaban J connectivity index is 2.40. The zero-order chi connectivity index (χ0) is 11.1. The smallest absolute Gasteiger partial charge is 0.148 e. The van der Waals surface area contributed by atoms with Crippen molar-refractivity contribution in [2.75, 3.05) is 18.5 Å². The maximum absolute atomic E-state index is 11.0. The molecule has 80 valence electrons. The summed E-state index contributed by atoms with van der Waals surface area (Å²) in [5.74, 6) is 0. The average molecular weight is 212 g/mol. The second-order valence-corrected chi connectivity index (χ2v) is 4.18. The minimum atomic E-state index is 0.707. The maximum Gasteiger partial charge on any atom is 0.148 e. The minimum Gasteiger partial charge on any atom is -0.369 e. The second kappa shape index (κ2) is 3.30. The van der Waals surface area contributed by atoms with Crippen LogP contribution in [0.1, 0.15) is 5.56 Å². The van der Waals surface area contributed by atoms with Crippen molar-refractivity contribution in [2.24, 2.45) is 4.99 Å². The van der Waals surface area contributed by atoms with E-state index in [9.17, 15) is 4.79 Å². The van der Waals surface area contributed by atoms with Crippen molar-refractivity contribution in [3.63, 3.8) is 0 Å². The summed E-state index contributed by atoms with van der Waals surface area (Å²) in [7, 11) is 2.02. The molecule has 3 nitrogen and oxygen atoms in total. The normalized spacial score (nSPS) is 16.8. The fraction of sp³-hybridized carbons (Fsp3) is 0.231. The SMILES string of the molecule is CN1CC(C=O)=c2ccc3c(c21)CC=CN=3. The van der Waals surface area contributed by atoms with Gasteiger partial charge >= 0.3 is 0 Å². The van der Waals surface area contributed by atoms with Crippen LogP contribution < -0.4 is 15.5 Å². The van der Waals surface area contributed by atoms with Crippen molar-refractivity contribution in [1.82, 2.24) is 0 Å². The Bertz CT molecular complexity index is 614. The largest absolute Gasteiger partial charge is 0.369 e. The van der Waals surface area contributed by atoms with Gasteiger partial charge in [-0.25, -0.2) is 0 Å². The van der Waals surface area contributed by atoms with E-state index in [0.717, 1.165) is 28.9 Å². The Morgan fingerprint density at radius 3 is 3.12 bits per heavy atom. The Kier molecular flexibility index (Phi) is 1.93. The molecule has 1 aromatic carbocycles. The lowest BCUT2D eigenvalue weighted by Crippen LogP contribution is -2.24. The highest BCUT2D eigenvalue weighted by atomic mass is 16.1. The van der Waals surface area contributed by atoms with E-state index in [1.807, 2.05) is 25.4 Å². The predicted molar refractivity (Wildman–Crippen MR) is 62.8 cm³/mol. The number of carbonyl (C=O) groups excluding carboxylic acids is 1. The van der Waals surface area contributed by atoms with Gasteiger partial charge in [0.1, 0.15) is 6.29 Å². The number of allylic oxidation sites excluding steroid dienone is 1. The third-order valence-electron chi connectivity index (χ3n) is 3.18. The number of hydrogen-bond donors (Lipinski definition) is 0. The van der Waals surface area contributed by atoms with Crippen LogP contribution in [0.5, 0.6) is 0 Å². The molecule has 0 N–H and O–H groups in total. The zero-order valence-corrected chi connectivity index (χ0v) is 9.10. The first-order valence-corrected chi connectivity index (χ1v) is 5.35. The molecule has 0 saturated heterocycles. The molecule has 0 atom stereocenters. The van der Waals surface area contributed by atoms with Gasteiger partial charge in [-0.1, -0.05) is 12.1 Å². The molecule has 0 saturated carbocycles. The molecule has 3 heteroatoms. The monoisotopic (exact) mass is 212 g/mol. The van der Waals surface area contributed by atoms with E-state index in [1.165, 1.54) is 11.3 Å². The lowest BCUT2D eigenvalue weighted by atomic mass is 10.0. The Labute approximate surface area is 93.4 Å². The number of carbonyl (C=O) groups is 1. The van der Waals surface area contributed by atoms with Crippen LogP contribution in [0.3, 0.4) is 0 Å². The van der Waals surface area contributed by atoms with Crippen molar-refractivity contribution in [3.8, 4) is 0 Å². The topological polar surface area (TPSA) is 32.7 Å². The standard InChI is InChI=1S/C13H12N2O/c1-15-7-9(8-16)10-4-5-12-11(13(10)15)3-2-6-14-12/h2,4-6,8H,3,7H2,1H3. The predicted octanol–water partition coefficient (Wildman–Crippen LogP) is 0.175. The van der Waals surface area contributed by atoms with E-state index < -0.39 is 0 Å². The van der Waals surface area contributed by atoms with Crippen LogP contribution in [0, 0.1) is 0 Å². The Morgan fingerprint density at radius 1 is 1.44 bits per heavy atom. The first-order chi connectivity index (χ1) is 7.81.